The number of rotatable bonds is 9. The molecule has 1 atom stereocenters. The summed E-state index contributed by atoms with van der Waals surface area (Å²) in [5, 5.41) is 2.62. The molecular formula is C31H32N2O6. The van der Waals surface area contributed by atoms with E-state index in [1.54, 1.807) is 53.4 Å². The van der Waals surface area contributed by atoms with Crippen molar-refractivity contribution in [3.63, 3.8) is 0 Å². The fourth-order valence-corrected chi connectivity index (χ4v) is 4.38. The van der Waals surface area contributed by atoms with E-state index in [2.05, 4.69) is 31.3 Å². The molecule has 0 aliphatic carbocycles. The van der Waals surface area contributed by atoms with Crippen LogP contribution in [0.3, 0.4) is 0 Å². The number of anilines is 2. The van der Waals surface area contributed by atoms with E-state index in [1.807, 2.05) is 13.0 Å². The molecule has 0 radical (unpaired) electrons. The van der Waals surface area contributed by atoms with Crippen molar-refractivity contribution in [3.05, 3.63) is 83.4 Å². The Labute approximate surface area is 227 Å². The molecule has 1 N–H and O–H groups in total. The monoisotopic (exact) mass is 528 g/mol. The maximum Gasteiger partial charge on any atom is 0.311 e. The van der Waals surface area contributed by atoms with E-state index in [1.165, 1.54) is 6.92 Å². The van der Waals surface area contributed by atoms with Gasteiger partial charge in [-0.25, -0.2) is 0 Å². The number of Topliss-reactive ketones (excluding diaryl/α,β-unsaturated/α-hetero) is 1. The average molecular weight is 529 g/mol. The summed E-state index contributed by atoms with van der Waals surface area (Å²) in [6.45, 7) is 7.40. The molecule has 8 nitrogen and oxygen atoms in total. The molecule has 1 fully saturated rings. The van der Waals surface area contributed by atoms with E-state index in [-0.39, 0.29) is 24.7 Å². The predicted octanol–water partition coefficient (Wildman–Crippen LogP) is 5.65. The van der Waals surface area contributed by atoms with Gasteiger partial charge in [0.2, 0.25) is 5.91 Å². The van der Waals surface area contributed by atoms with Gasteiger partial charge in [-0.2, -0.15) is 0 Å². The van der Waals surface area contributed by atoms with Crippen LogP contribution in [0.4, 0.5) is 11.4 Å². The number of hydrogen-bond donors (Lipinski definition) is 1. The van der Waals surface area contributed by atoms with Gasteiger partial charge in [0, 0.05) is 29.9 Å². The smallest absolute Gasteiger partial charge is 0.311 e. The Bertz CT molecular complexity index is 1380. The van der Waals surface area contributed by atoms with Crippen LogP contribution in [0.5, 0.6) is 11.5 Å². The minimum absolute atomic E-state index is 0.00620. The summed E-state index contributed by atoms with van der Waals surface area (Å²) in [5.41, 5.74) is 3.89. The first-order valence-electron chi connectivity index (χ1n) is 12.9. The van der Waals surface area contributed by atoms with Crippen LogP contribution in [0.2, 0.25) is 0 Å². The maximum absolute atomic E-state index is 12.7. The quantitative estimate of drug-likeness (QED) is 0.285. The first kappa shape index (κ1) is 27.6. The summed E-state index contributed by atoms with van der Waals surface area (Å²) in [6.07, 6.45) is 0.00620. The van der Waals surface area contributed by atoms with Gasteiger partial charge in [0.15, 0.2) is 12.4 Å². The second-order valence-electron chi connectivity index (χ2n) is 9.99. The van der Waals surface area contributed by atoms with Crippen molar-refractivity contribution in [2.75, 3.05) is 23.4 Å². The normalized spacial score (nSPS) is 14.8. The second kappa shape index (κ2) is 11.9. The average Bonchev–Trinajstić information content (AvgIpc) is 3.29. The fourth-order valence-electron chi connectivity index (χ4n) is 4.38. The number of ether oxygens (including phenoxy) is 2. The van der Waals surface area contributed by atoms with Gasteiger partial charge in [0.25, 0.3) is 5.91 Å². The molecule has 1 heterocycles. The zero-order chi connectivity index (χ0) is 28.1. The summed E-state index contributed by atoms with van der Waals surface area (Å²) in [7, 11) is 0. The molecule has 1 aliphatic heterocycles. The van der Waals surface area contributed by atoms with Gasteiger partial charge in [0.1, 0.15) is 11.5 Å². The minimum atomic E-state index is -0.669. The van der Waals surface area contributed by atoms with Gasteiger partial charge in [-0.3, -0.25) is 19.2 Å². The SMILES string of the molecule is CC(=O)c1ccc(NC(=O)COC(=O)[C@H]2CC(=O)N(c3ccc(Oc4cc(C)ccc4C(C)C)cc3)C2)cc1. The Morgan fingerprint density at radius 3 is 2.33 bits per heavy atom. The van der Waals surface area contributed by atoms with Gasteiger partial charge in [-0.05, 0) is 85.5 Å². The van der Waals surface area contributed by atoms with Gasteiger partial charge < -0.3 is 19.7 Å². The van der Waals surface area contributed by atoms with Gasteiger partial charge in [-0.15, -0.1) is 0 Å². The first-order chi connectivity index (χ1) is 18.6. The summed E-state index contributed by atoms with van der Waals surface area (Å²) < 4.78 is 11.3. The lowest BCUT2D eigenvalue weighted by Crippen LogP contribution is -2.28. The third kappa shape index (κ3) is 6.90. The number of aryl methyl sites for hydroxylation is 1. The van der Waals surface area contributed by atoms with Crippen molar-refractivity contribution in [1.82, 2.24) is 0 Å². The Morgan fingerprint density at radius 1 is 1.00 bits per heavy atom. The highest BCUT2D eigenvalue weighted by molar-refractivity contribution is 6.00. The summed E-state index contributed by atoms with van der Waals surface area (Å²) in [6, 6.07) is 19.7. The lowest BCUT2D eigenvalue weighted by Gasteiger charge is -2.18. The Kier molecular flexibility index (Phi) is 8.44. The van der Waals surface area contributed by atoms with Crippen LogP contribution >= 0.6 is 0 Å². The third-order valence-electron chi connectivity index (χ3n) is 6.55. The number of amides is 2. The Balaban J connectivity index is 1.31. The lowest BCUT2D eigenvalue weighted by atomic mass is 10.0. The molecule has 202 valence electrons. The Morgan fingerprint density at radius 2 is 1.69 bits per heavy atom. The van der Waals surface area contributed by atoms with Crippen molar-refractivity contribution in [1.29, 1.82) is 0 Å². The van der Waals surface area contributed by atoms with E-state index < -0.39 is 24.4 Å². The van der Waals surface area contributed by atoms with E-state index in [9.17, 15) is 19.2 Å². The van der Waals surface area contributed by atoms with Crippen LogP contribution in [0.15, 0.2) is 66.7 Å². The van der Waals surface area contributed by atoms with E-state index in [0.717, 1.165) is 16.9 Å². The van der Waals surface area contributed by atoms with E-state index >= 15 is 0 Å². The first-order valence-corrected chi connectivity index (χ1v) is 12.9. The number of nitrogens with zero attached hydrogens (tertiary/aromatic N) is 1. The van der Waals surface area contributed by atoms with Gasteiger partial charge in [0.05, 0.1) is 5.92 Å². The molecule has 39 heavy (non-hydrogen) atoms. The van der Waals surface area contributed by atoms with Crippen LogP contribution < -0.4 is 15.0 Å². The molecule has 1 aliphatic rings. The van der Waals surface area contributed by atoms with Crippen LogP contribution in [0.25, 0.3) is 0 Å². The highest BCUT2D eigenvalue weighted by Crippen LogP contribution is 2.33. The highest BCUT2D eigenvalue weighted by atomic mass is 16.5. The fraction of sp³-hybridized carbons (Fsp3) is 0.290. The summed E-state index contributed by atoms with van der Waals surface area (Å²) >= 11 is 0. The number of hydrogen-bond acceptors (Lipinski definition) is 6. The second-order valence-corrected chi connectivity index (χ2v) is 9.99. The van der Waals surface area contributed by atoms with Crippen molar-refractivity contribution >= 4 is 34.9 Å². The zero-order valence-corrected chi connectivity index (χ0v) is 22.5. The van der Waals surface area contributed by atoms with Crippen molar-refractivity contribution in [3.8, 4) is 11.5 Å². The maximum atomic E-state index is 12.7. The van der Waals surface area contributed by atoms with Crippen molar-refractivity contribution in [2.45, 2.75) is 40.0 Å². The molecule has 0 bridgehead atoms. The number of ketones is 1. The standard InChI is InChI=1S/C31H32N2O6/c1-19(2)27-14-5-20(3)15-28(27)39-26-12-10-25(11-13-26)33-17-23(16-30(33)36)31(37)38-18-29(35)32-24-8-6-22(7-9-24)21(4)34/h5-15,19,23H,16-18H2,1-4H3,(H,32,35)/t23-/m0/s1. The van der Waals surface area contributed by atoms with Crippen LogP contribution in [0.1, 0.15) is 54.6 Å². The van der Waals surface area contributed by atoms with Gasteiger partial charge in [-0.1, -0.05) is 26.0 Å². The number of esters is 1. The number of carbonyl (C=O) groups is 4. The predicted molar refractivity (Wildman–Crippen MR) is 148 cm³/mol. The summed E-state index contributed by atoms with van der Waals surface area (Å²) in [4.78, 5) is 50.3. The van der Waals surface area contributed by atoms with Crippen LogP contribution in [-0.2, 0) is 19.1 Å². The molecule has 0 spiro atoms. The molecule has 4 rings (SSSR count). The molecule has 0 aromatic heterocycles. The molecule has 0 unspecified atom stereocenters. The van der Waals surface area contributed by atoms with Crippen molar-refractivity contribution in [2.24, 2.45) is 5.92 Å². The molecule has 3 aromatic rings. The number of nitrogens with one attached hydrogen (secondary N) is 1. The largest absolute Gasteiger partial charge is 0.457 e. The zero-order valence-electron chi connectivity index (χ0n) is 22.5. The molecule has 2 amide bonds. The highest BCUT2D eigenvalue weighted by Gasteiger charge is 2.36. The number of carbonyl (C=O) groups excluding carboxylic acids is 4. The van der Waals surface area contributed by atoms with E-state index in [4.69, 9.17) is 9.47 Å². The van der Waals surface area contributed by atoms with E-state index in [0.29, 0.717) is 28.6 Å². The Hall–Kier alpha value is -4.46. The third-order valence-corrected chi connectivity index (χ3v) is 6.55. The van der Waals surface area contributed by atoms with Crippen molar-refractivity contribution < 1.29 is 28.7 Å². The molecular weight excluding hydrogens is 496 g/mol. The topological polar surface area (TPSA) is 102 Å². The van der Waals surface area contributed by atoms with Crippen LogP contribution in [-0.4, -0.2) is 36.7 Å². The minimum Gasteiger partial charge on any atom is -0.457 e. The molecule has 8 heteroatoms. The lowest BCUT2D eigenvalue weighted by molar-refractivity contribution is -0.151. The van der Waals surface area contributed by atoms with Gasteiger partial charge >= 0.3 is 5.97 Å². The number of benzene rings is 3. The van der Waals surface area contributed by atoms with Crippen LogP contribution in [0, 0.1) is 12.8 Å². The summed E-state index contributed by atoms with van der Waals surface area (Å²) in [5.74, 6) is -0.291. The molecule has 3 aromatic carbocycles. The molecule has 0 saturated carbocycles. The molecule has 1 saturated heterocycles.